The minimum atomic E-state index is -0.346. The van der Waals surface area contributed by atoms with Crippen LogP contribution >= 0.6 is 15.9 Å². The van der Waals surface area contributed by atoms with Crippen molar-refractivity contribution in [1.82, 2.24) is 9.97 Å². The van der Waals surface area contributed by atoms with E-state index in [1.54, 1.807) is 6.92 Å². The first-order valence-corrected chi connectivity index (χ1v) is 7.19. The molecule has 0 aliphatic carbocycles. The van der Waals surface area contributed by atoms with Gasteiger partial charge in [-0.05, 0) is 41.1 Å². The Kier molecular flexibility index (Phi) is 4.74. The smallest absolute Gasteiger partial charge is 0.227 e. The number of hydrogen-bond acceptors (Lipinski definition) is 5. The lowest BCUT2D eigenvalue weighted by atomic mass is 10.2. The van der Waals surface area contributed by atoms with Crippen LogP contribution in [0.4, 0.5) is 10.2 Å². The standard InChI is InChI=1S/C14H16BrFN4O/c1-7(2)12-18-13(20-17)8(3)14(19-12)21-11-5-4-9(16)6-10(11)15/h4-7H,17H2,1-3H3,(H,18,19,20). The van der Waals surface area contributed by atoms with Gasteiger partial charge in [-0.15, -0.1) is 0 Å². The number of hydrogen-bond donors (Lipinski definition) is 2. The van der Waals surface area contributed by atoms with Crippen LogP contribution in [-0.4, -0.2) is 9.97 Å². The number of aromatic nitrogens is 2. The van der Waals surface area contributed by atoms with Gasteiger partial charge >= 0.3 is 0 Å². The third-order valence-electron chi connectivity index (χ3n) is 2.87. The molecule has 0 spiro atoms. The molecule has 1 aromatic carbocycles. The highest BCUT2D eigenvalue weighted by Gasteiger charge is 2.15. The fourth-order valence-electron chi connectivity index (χ4n) is 1.67. The van der Waals surface area contributed by atoms with Crippen molar-refractivity contribution in [2.45, 2.75) is 26.7 Å². The Balaban J connectivity index is 2.45. The van der Waals surface area contributed by atoms with Gasteiger partial charge in [0.15, 0.2) is 5.82 Å². The average Bonchev–Trinajstić information content (AvgIpc) is 2.43. The maximum Gasteiger partial charge on any atom is 0.227 e. The molecule has 1 heterocycles. The monoisotopic (exact) mass is 354 g/mol. The van der Waals surface area contributed by atoms with E-state index in [4.69, 9.17) is 10.6 Å². The van der Waals surface area contributed by atoms with Crippen LogP contribution in [0.5, 0.6) is 11.6 Å². The molecule has 0 aliphatic rings. The molecule has 112 valence electrons. The van der Waals surface area contributed by atoms with Crippen molar-refractivity contribution < 1.29 is 9.13 Å². The predicted octanol–water partition coefficient (Wildman–Crippen LogP) is 3.89. The summed E-state index contributed by atoms with van der Waals surface area (Å²) in [6.45, 7) is 5.75. The molecule has 3 N–H and O–H groups in total. The summed E-state index contributed by atoms with van der Waals surface area (Å²) in [5, 5.41) is 0. The summed E-state index contributed by atoms with van der Waals surface area (Å²) in [6, 6.07) is 4.19. The van der Waals surface area contributed by atoms with Gasteiger partial charge in [-0.3, -0.25) is 0 Å². The van der Waals surface area contributed by atoms with Crippen molar-refractivity contribution in [2.24, 2.45) is 5.84 Å². The summed E-state index contributed by atoms with van der Waals surface area (Å²) in [4.78, 5) is 8.73. The van der Waals surface area contributed by atoms with E-state index in [1.807, 2.05) is 13.8 Å². The van der Waals surface area contributed by atoms with Crippen molar-refractivity contribution in [1.29, 1.82) is 0 Å². The van der Waals surface area contributed by atoms with Crippen molar-refractivity contribution >= 4 is 21.7 Å². The van der Waals surface area contributed by atoms with E-state index in [0.717, 1.165) is 0 Å². The zero-order valence-corrected chi connectivity index (χ0v) is 13.5. The number of anilines is 1. The molecule has 0 amide bonds. The highest BCUT2D eigenvalue weighted by Crippen LogP contribution is 2.33. The second kappa shape index (κ2) is 6.36. The molecule has 0 aliphatic heterocycles. The Morgan fingerprint density at radius 1 is 1.33 bits per heavy atom. The summed E-state index contributed by atoms with van der Waals surface area (Å²) in [5.41, 5.74) is 3.22. The second-order valence-electron chi connectivity index (χ2n) is 4.84. The van der Waals surface area contributed by atoms with Crippen molar-refractivity contribution in [3.8, 4) is 11.6 Å². The summed E-state index contributed by atoms with van der Waals surface area (Å²) in [5.74, 6) is 7.22. The number of benzene rings is 1. The van der Waals surface area contributed by atoms with E-state index in [2.05, 4.69) is 31.3 Å². The summed E-state index contributed by atoms with van der Waals surface area (Å²) < 4.78 is 19.4. The summed E-state index contributed by atoms with van der Waals surface area (Å²) in [7, 11) is 0. The van der Waals surface area contributed by atoms with Crippen LogP contribution in [0.2, 0.25) is 0 Å². The number of nitrogen functional groups attached to an aromatic ring is 1. The summed E-state index contributed by atoms with van der Waals surface area (Å²) in [6.07, 6.45) is 0. The molecule has 0 atom stereocenters. The minimum Gasteiger partial charge on any atom is -0.437 e. The van der Waals surface area contributed by atoms with Gasteiger partial charge in [0.05, 0.1) is 10.0 Å². The number of nitrogens with zero attached hydrogens (tertiary/aromatic N) is 2. The van der Waals surface area contributed by atoms with Crippen LogP contribution in [0, 0.1) is 12.7 Å². The fraction of sp³-hybridized carbons (Fsp3) is 0.286. The van der Waals surface area contributed by atoms with Crippen LogP contribution in [0.25, 0.3) is 0 Å². The Morgan fingerprint density at radius 2 is 2.05 bits per heavy atom. The van der Waals surface area contributed by atoms with Crippen molar-refractivity contribution in [2.75, 3.05) is 5.43 Å². The van der Waals surface area contributed by atoms with Gasteiger partial charge in [0.1, 0.15) is 17.4 Å². The quantitative estimate of drug-likeness (QED) is 0.643. The molecule has 0 unspecified atom stereocenters. The number of nitrogens with two attached hydrogens (primary N) is 1. The van der Waals surface area contributed by atoms with Crippen LogP contribution in [0.3, 0.4) is 0 Å². The topological polar surface area (TPSA) is 73.1 Å². The lowest BCUT2D eigenvalue weighted by molar-refractivity contribution is 0.449. The Labute approximate surface area is 130 Å². The zero-order chi connectivity index (χ0) is 15.6. The van der Waals surface area contributed by atoms with Crippen LogP contribution < -0.4 is 16.0 Å². The molecule has 0 fully saturated rings. The van der Waals surface area contributed by atoms with E-state index in [0.29, 0.717) is 33.3 Å². The number of ether oxygens (including phenoxy) is 1. The van der Waals surface area contributed by atoms with Crippen LogP contribution in [0.15, 0.2) is 22.7 Å². The zero-order valence-electron chi connectivity index (χ0n) is 11.9. The number of halogens is 2. The van der Waals surface area contributed by atoms with E-state index in [9.17, 15) is 4.39 Å². The largest absolute Gasteiger partial charge is 0.437 e. The minimum absolute atomic E-state index is 0.122. The first-order valence-electron chi connectivity index (χ1n) is 6.40. The lowest BCUT2D eigenvalue weighted by Gasteiger charge is -2.14. The van der Waals surface area contributed by atoms with E-state index in [-0.39, 0.29) is 11.7 Å². The fourth-order valence-corrected chi connectivity index (χ4v) is 2.10. The molecular weight excluding hydrogens is 339 g/mol. The molecule has 1 aromatic heterocycles. The molecule has 0 saturated carbocycles. The normalized spacial score (nSPS) is 10.8. The van der Waals surface area contributed by atoms with Gasteiger partial charge in [-0.2, -0.15) is 4.98 Å². The van der Waals surface area contributed by atoms with Gasteiger partial charge in [-0.25, -0.2) is 15.2 Å². The number of hydrazine groups is 1. The Hall–Kier alpha value is -1.73. The van der Waals surface area contributed by atoms with Gasteiger partial charge in [0.25, 0.3) is 0 Å². The van der Waals surface area contributed by atoms with Gasteiger partial charge in [0.2, 0.25) is 5.88 Å². The van der Waals surface area contributed by atoms with Crippen LogP contribution in [-0.2, 0) is 0 Å². The maximum absolute atomic E-state index is 13.1. The molecule has 0 bridgehead atoms. The molecule has 21 heavy (non-hydrogen) atoms. The van der Waals surface area contributed by atoms with Crippen molar-refractivity contribution in [3.63, 3.8) is 0 Å². The van der Waals surface area contributed by atoms with Crippen LogP contribution in [0.1, 0.15) is 31.2 Å². The first-order chi connectivity index (χ1) is 9.92. The molecule has 2 aromatic rings. The third-order valence-corrected chi connectivity index (χ3v) is 3.49. The molecule has 5 nitrogen and oxygen atoms in total. The second-order valence-corrected chi connectivity index (χ2v) is 5.69. The molecular formula is C14H16BrFN4O. The molecule has 0 radical (unpaired) electrons. The van der Waals surface area contributed by atoms with E-state index < -0.39 is 0 Å². The van der Waals surface area contributed by atoms with Gasteiger partial charge < -0.3 is 10.2 Å². The highest BCUT2D eigenvalue weighted by molar-refractivity contribution is 9.10. The maximum atomic E-state index is 13.1. The Bertz CT molecular complexity index is 664. The highest BCUT2D eigenvalue weighted by atomic mass is 79.9. The molecule has 2 rings (SSSR count). The van der Waals surface area contributed by atoms with Gasteiger partial charge in [0, 0.05) is 5.92 Å². The number of nitrogens with one attached hydrogen (secondary N) is 1. The lowest BCUT2D eigenvalue weighted by Crippen LogP contribution is -2.13. The molecule has 7 heteroatoms. The van der Waals surface area contributed by atoms with E-state index in [1.165, 1.54) is 18.2 Å². The van der Waals surface area contributed by atoms with E-state index >= 15 is 0 Å². The SMILES string of the molecule is Cc1c(NN)nc(C(C)C)nc1Oc1ccc(F)cc1Br. The summed E-state index contributed by atoms with van der Waals surface area (Å²) >= 11 is 3.26. The van der Waals surface area contributed by atoms with Crippen molar-refractivity contribution in [3.05, 3.63) is 39.9 Å². The number of rotatable bonds is 4. The average molecular weight is 355 g/mol. The first kappa shape index (κ1) is 15.7. The van der Waals surface area contributed by atoms with Gasteiger partial charge in [-0.1, -0.05) is 13.8 Å². The molecule has 0 saturated heterocycles. The predicted molar refractivity (Wildman–Crippen MR) is 82.8 cm³/mol. The third kappa shape index (κ3) is 3.48. The Morgan fingerprint density at radius 3 is 2.62 bits per heavy atom.